The van der Waals surface area contributed by atoms with Gasteiger partial charge in [-0.15, -0.1) is 0 Å². The van der Waals surface area contributed by atoms with Crippen molar-refractivity contribution in [2.45, 2.75) is 25.5 Å². The molecular weight excluding hydrogens is 262 g/mol. The zero-order chi connectivity index (χ0) is 13.9. The summed E-state index contributed by atoms with van der Waals surface area (Å²) in [6.07, 6.45) is 3.43. The molecule has 1 fully saturated rings. The summed E-state index contributed by atoms with van der Waals surface area (Å²) in [4.78, 5) is 16.3. The molecule has 1 atom stereocenters. The van der Waals surface area contributed by atoms with Crippen LogP contribution in [0.2, 0.25) is 0 Å². The van der Waals surface area contributed by atoms with E-state index in [4.69, 9.17) is 14.0 Å². The molecule has 7 nitrogen and oxygen atoms in total. The monoisotopic (exact) mass is 277 g/mol. The lowest BCUT2D eigenvalue weighted by molar-refractivity contribution is 0.0835. The van der Waals surface area contributed by atoms with Crippen molar-refractivity contribution in [3.05, 3.63) is 40.4 Å². The second-order valence-corrected chi connectivity index (χ2v) is 4.56. The third-order valence-corrected chi connectivity index (χ3v) is 3.21. The lowest BCUT2D eigenvalue weighted by atomic mass is 10.2. The minimum Gasteiger partial charge on any atom is -0.491 e. The number of methoxy groups -OCH3 is 1. The van der Waals surface area contributed by atoms with Crippen LogP contribution in [0.15, 0.2) is 27.6 Å². The fourth-order valence-electron chi connectivity index (χ4n) is 2.18. The van der Waals surface area contributed by atoms with Gasteiger partial charge in [-0.3, -0.25) is 4.79 Å². The molecule has 0 radical (unpaired) electrons. The first-order chi connectivity index (χ1) is 9.78. The van der Waals surface area contributed by atoms with E-state index < -0.39 is 0 Å². The van der Waals surface area contributed by atoms with Gasteiger partial charge in [-0.1, -0.05) is 5.16 Å². The lowest BCUT2D eigenvalue weighted by Gasteiger charge is -2.04. The van der Waals surface area contributed by atoms with Gasteiger partial charge in [0, 0.05) is 12.8 Å². The maximum atomic E-state index is 12.0. The maximum absolute atomic E-state index is 12.0. The molecule has 3 heterocycles. The molecule has 0 spiro atoms. The molecule has 3 rings (SSSR count). The minimum atomic E-state index is -0.224. The van der Waals surface area contributed by atoms with Crippen LogP contribution >= 0.6 is 0 Å². The molecule has 2 aromatic heterocycles. The van der Waals surface area contributed by atoms with E-state index in [0.717, 1.165) is 19.4 Å². The van der Waals surface area contributed by atoms with Crippen LogP contribution in [0, 0.1) is 0 Å². The molecule has 20 heavy (non-hydrogen) atoms. The Labute approximate surface area is 115 Å². The van der Waals surface area contributed by atoms with Gasteiger partial charge in [0.15, 0.2) is 11.6 Å². The lowest BCUT2D eigenvalue weighted by Crippen LogP contribution is -2.21. The third-order valence-electron chi connectivity index (χ3n) is 3.21. The van der Waals surface area contributed by atoms with Crippen LogP contribution in [0.5, 0.6) is 5.75 Å². The molecule has 1 unspecified atom stereocenters. The van der Waals surface area contributed by atoms with Gasteiger partial charge in [0.2, 0.25) is 0 Å². The van der Waals surface area contributed by atoms with Crippen LogP contribution in [0.1, 0.15) is 30.7 Å². The normalized spacial score (nSPS) is 18.4. The quantitative estimate of drug-likeness (QED) is 0.833. The van der Waals surface area contributed by atoms with Gasteiger partial charge < -0.3 is 18.6 Å². The summed E-state index contributed by atoms with van der Waals surface area (Å²) >= 11 is 0. The van der Waals surface area contributed by atoms with E-state index in [1.54, 1.807) is 18.3 Å². The molecule has 0 bridgehead atoms. The van der Waals surface area contributed by atoms with E-state index >= 15 is 0 Å². The van der Waals surface area contributed by atoms with E-state index in [-0.39, 0.29) is 24.0 Å². The molecular formula is C13H15N3O4. The topological polar surface area (TPSA) is 79.4 Å². The highest BCUT2D eigenvalue weighted by Gasteiger charge is 2.23. The van der Waals surface area contributed by atoms with Gasteiger partial charge in [0.25, 0.3) is 11.4 Å². The van der Waals surface area contributed by atoms with Crippen molar-refractivity contribution >= 4 is 0 Å². The standard InChI is InChI=1S/C13H15N3O4/c1-18-10-4-2-6-16(13(10)17)8-11-14-12(20-15-11)9-5-3-7-19-9/h2,4,6,9H,3,5,7-8H2,1H3. The van der Waals surface area contributed by atoms with Gasteiger partial charge >= 0.3 is 0 Å². The first-order valence-electron chi connectivity index (χ1n) is 6.45. The number of hydrogen-bond donors (Lipinski definition) is 0. The molecule has 0 saturated carbocycles. The van der Waals surface area contributed by atoms with Crippen molar-refractivity contribution in [1.29, 1.82) is 0 Å². The molecule has 7 heteroatoms. The summed E-state index contributed by atoms with van der Waals surface area (Å²) in [7, 11) is 1.46. The Kier molecular flexibility index (Phi) is 3.51. The Bertz CT molecular complexity index is 643. The average Bonchev–Trinajstić information content (AvgIpc) is 3.11. The Balaban J connectivity index is 1.79. The number of aromatic nitrogens is 3. The number of hydrogen-bond acceptors (Lipinski definition) is 6. The first-order valence-corrected chi connectivity index (χ1v) is 6.45. The summed E-state index contributed by atoms with van der Waals surface area (Å²) < 4.78 is 17.1. The molecule has 0 aromatic carbocycles. The molecule has 2 aromatic rings. The van der Waals surface area contributed by atoms with Gasteiger partial charge in [0.1, 0.15) is 6.10 Å². The average molecular weight is 277 g/mol. The largest absolute Gasteiger partial charge is 0.491 e. The zero-order valence-electron chi connectivity index (χ0n) is 11.1. The maximum Gasteiger partial charge on any atom is 0.293 e. The van der Waals surface area contributed by atoms with E-state index in [9.17, 15) is 4.79 Å². The number of ether oxygens (including phenoxy) is 2. The van der Waals surface area contributed by atoms with Crippen molar-refractivity contribution < 1.29 is 14.0 Å². The number of nitrogens with zero attached hydrogens (tertiary/aromatic N) is 3. The van der Waals surface area contributed by atoms with Crippen LogP contribution in [0.25, 0.3) is 0 Å². The number of rotatable bonds is 4. The van der Waals surface area contributed by atoms with Gasteiger partial charge in [-0.05, 0) is 25.0 Å². The molecule has 106 valence electrons. The van der Waals surface area contributed by atoms with Crippen molar-refractivity contribution in [3.8, 4) is 5.75 Å². The van der Waals surface area contributed by atoms with Crippen LogP contribution < -0.4 is 10.3 Å². The fourth-order valence-corrected chi connectivity index (χ4v) is 2.18. The highest BCUT2D eigenvalue weighted by molar-refractivity contribution is 5.17. The minimum absolute atomic E-state index is 0.113. The van der Waals surface area contributed by atoms with Crippen molar-refractivity contribution in [2.24, 2.45) is 0 Å². The Morgan fingerprint density at radius 3 is 3.20 bits per heavy atom. The van der Waals surface area contributed by atoms with E-state index in [2.05, 4.69) is 10.1 Å². The third kappa shape index (κ3) is 2.44. The highest BCUT2D eigenvalue weighted by Crippen LogP contribution is 2.26. The first kappa shape index (κ1) is 12.9. The summed E-state index contributed by atoms with van der Waals surface area (Å²) in [5.41, 5.74) is -0.224. The number of pyridine rings is 1. The molecule has 0 amide bonds. The van der Waals surface area contributed by atoms with Crippen molar-refractivity contribution in [2.75, 3.05) is 13.7 Å². The Hall–Kier alpha value is -2.15. The molecule has 0 N–H and O–H groups in total. The van der Waals surface area contributed by atoms with E-state index in [1.807, 2.05) is 0 Å². The molecule has 1 aliphatic heterocycles. The molecule has 1 aliphatic rings. The second-order valence-electron chi connectivity index (χ2n) is 4.56. The van der Waals surface area contributed by atoms with Crippen LogP contribution in [0.3, 0.4) is 0 Å². The predicted octanol–water partition coefficient (Wildman–Crippen LogP) is 1.14. The van der Waals surface area contributed by atoms with Crippen molar-refractivity contribution in [1.82, 2.24) is 14.7 Å². The van der Waals surface area contributed by atoms with Crippen LogP contribution in [0.4, 0.5) is 0 Å². The predicted molar refractivity (Wildman–Crippen MR) is 68.6 cm³/mol. The smallest absolute Gasteiger partial charge is 0.293 e. The molecule has 1 saturated heterocycles. The van der Waals surface area contributed by atoms with Crippen LogP contribution in [-0.2, 0) is 11.3 Å². The molecule has 0 aliphatic carbocycles. The summed E-state index contributed by atoms with van der Waals surface area (Å²) in [6.45, 7) is 0.962. The summed E-state index contributed by atoms with van der Waals surface area (Å²) in [5.74, 6) is 1.22. The second kappa shape index (κ2) is 5.46. The van der Waals surface area contributed by atoms with E-state index in [1.165, 1.54) is 11.7 Å². The summed E-state index contributed by atoms with van der Waals surface area (Å²) in [5, 5.41) is 3.89. The van der Waals surface area contributed by atoms with Crippen LogP contribution in [-0.4, -0.2) is 28.4 Å². The SMILES string of the molecule is COc1cccn(Cc2noc(C3CCCO3)n2)c1=O. The zero-order valence-corrected chi connectivity index (χ0v) is 11.1. The van der Waals surface area contributed by atoms with Crippen molar-refractivity contribution in [3.63, 3.8) is 0 Å². The van der Waals surface area contributed by atoms with Gasteiger partial charge in [-0.2, -0.15) is 4.98 Å². The van der Waals surface area contributed by atoms with Gasteiger partial charge in [-0.25, -0.2) is 0 Å². The Morgan fingerprint density at radius 1 is 1.55 bits per heavy atom. The van der Waals surface area contributed by atoms with E-state index in [0.29, 0.717) is 11.7 Å². The summed E-state index contributed by atoms with van der Waals surface area (Å²) in [6, 6.07) is 3.36. The van der Waals surface area contributed by atoms with Gasteiger partial charge in [0.05, 0.1) is 13.7 Å². The fraction of sp³-hybridized carbons (Fsp3) is 0.462. The highest BCUT2D eigenvalue weighted by atomic mass is 16.5. The Morgan fingerprint density at radius 2 is 2.45 bits per heavy atom.